The van der Waals surface area contributed by atoms with Crippen LogP contribution in [0.5, 0.6) is 0 Å². The van der Waals surface area contributed by atoms with Gasteiger partial charge in [0.15, 0.2) is 5.16 Å². The molecule has 0 spiro atoms. The number of fused-ring (bicyclic) bond motifs is 1. The molecule has 0 aliphatic heterocycles. The minimum atomic E-state index is 0.0156. The third-order valence-electron chi connectivity index (χ3n) is 4.42. The lowest BCUT2D eigenvalue weighted by molar-refractivity contribution is -0.116. The smallest absolute Gasteiger partial charge is 0.190 e. The zero-order chi connectivity index (χ0) is 16.7. The number of aryl methyl sites for hydroxylation is 2. The van der Waals surface area contributed by atoms with Crippen LogP contribution in [0.25, 0.3) is 16.8 Å². The summed E-state index contributed by atoms with van der Waals surface area (Å²) in [7, 11) is 0. The van der Waals surface area contributed by atoms with Crippen LogP contribution in [0.2, 0.25) is 0 Å². The number of hydrogen-bond acceptors (Lipinski definition) is 4. The van der Waals surface area contributed by atoms with Crippen LogP contribution in [-0.4, -0.2) is 25.6 Å². The van der Waals surface area contributed by atoms with Gasteiger partial charge in [-0.1, -0.05) is 42.1 Å². The fourth-order valence-electron chi connectivity index (χ4n) is 3.32. The van der Waals surface area contributed by atoms with Crippen molar-refractivity contribution < 1.29 is 4.79 Å². The SMILES string of the molecule is Cc1cc(C)c2c(-c3ccccc3)nc(SC3CCCC3=O)n2n1. The van der Waals surface area contributed by atoms with Crippen LogP contribution in [0.4, 0.5) is 0 Å². The van der Waals surface area contributed by atoms with E-state index in [0.29, 0.717) is 12.2 Å². The van der Waals surface area contributed by atoms with Crippen molar-refractivity contribution in [3.63, 3.8) is 0 Å². The van der Waals surface area contributed by atoms with Gasteiger partial charge in [-0.2, -0.15) is 5.10 Å². The fraction of sp³-hybridized carbons (Fsp3) is 0.316. The highest BCUT2D eigenvalue weighted by Gasteiger charge is 2.28. The Morgan fingerprint density at radius 2 is 2.00 bits per heavy atom. The summed E-state index contributed by atoms with van der Waals surface area (Å²) in [4.78, 5) is 16.9. The highest BCUT2D eigenvalue weighted by molar-refractivity contribution is 8.00. The Hall–Kier alpha value is -2.14. The number of hydrogen-bond donors (Lipinski definition) is 0. The molecule has 2 aromatic heterocycles. The van der Waals surface area contributed by atoms with E-state index in [1.807, 2.05) is 29.6 Å². The summed E-state index contributed by atoms with van der Waals surface area (Å²) in [5.41, 5.74) is 5.15. The highest BCUT2D eigenvalue weighted by Crippen LogP contribution is 2.36. The highest BCUT2D eigenvalue weighted by atomic mass is 32.2. The van der Waals surface area contributed by atoms with Gasteiger partial charge in [0.25, 0.3) is 0 Å². The molecule has 1 aromatic carbocycles. The van der Waals surface area contributed by atoms with Crippen molar-refractivity contribution >= 4 is 23.1 Å². The number of aromatic nitrogens is 3. The van der Waals surface area contributed by atoms with Crippen molar-refractivity contribution in [3.8, 4) is 11.3 Å². The Bertz CT molecular complexity index is 917. The van der Waals surface area contributed by atoms with Crippen molar-refractivity contribution in [1.82, 2.24) is 14.6 Å². The predicted octanol–water partition coefficient (Wildman–Crippen LogP) is 4.23. The second-order valence-electron chi connectivity index (χ2n) is 6.30. The van der Waals surface area contributed by atoms with E-state index in [2.05, 4.69) is 30.2 Å². The topological polar surface area (TPSA) is 47.3 Å². The van der Waals surface area contributed by atoms with Gasteiger partial charge in [-0.05, 0) is 38.3 Å². The second kappa shape index (κ2) is 6.06. The Labute approximate surface area is 145 Å². The summed E-state index contributed by atoms with van der Waals surface area (Å²) in [6, 6.07) is 12.3. The van der Waals surface area contributed by atoms with Crippen LogP contribution in [0.15, 0.2) is 41.6 Å². The third kappa shape index (κ3) is 2.63. The van der Waals surface area contributed by atoms with Crippen molar-refractivity contribution in [2.45, 2.75) is 43.5 Å². The third-order valence-corrected chi connectivity index (χ3v) is 5.68. The molecule has 122 valence electrons. The maximum absolute atomic E-state index is 12.0. The Balaban J connectivity index is 1.89. The summed E-state index contributed by atoms with van der Waals surface area (Å²) >= 11 is 1.56. The molecule has 1 saturated carbocycles. The minimum Gasteiger partial charge on any atom is -0.298 e. The maximum Gasteiger partial charge on any atom is 0.190 e. The first kappa shape index (κ1) is 15.4. The molecular formula is C19H19N3OS. The van der Waals surface area contributed by atoms with Crippen molar-refractivity contribution in [1.29, 1.82) is 0 Å². The zero-order valence-electron chi connectivity index (χ0n) is 13.8. The molecule has 4 nitrogen and oxygen atoms in total. The standard InChI is InChI=1S/C19H19N3OS/c1-12-11-13(2)21-22-18(12)17(14-7-4-3-5-8-14)20-19(22)24-16-10-6-9-15(16)23/h3-5,7-8,11,16H,6,9-10H2,1-2H3. The first-order valence-electron chi connectivity index (χ1n) is 8.25. The summed E-state index contributed by atoms with van der Waals surface area (Å²) in [5.74, 6) is 0.336. The number of thioether (sulfide) groups is 1. The number of carbonyl (C=O) groups excluding carboxylic acids is 1. The van der Waals surface area contributed by atoms with Crippen molar-refractivity contribution in [3.05, 3.63) is 47.7 Å². The number of benzene rings is 1. The van der Waals surface area contributed by atoms with E-state index in [-0.39, 0.29) is 5.25 Å². The molecule has 3 aromatic rings. The van der Waals surface area contributed by atoms with E-state index in [1.165, 1.54) is 0 Å². The Kier molecular flexibility index (Phi) is 3.88. The first-order chi connectivity index (χ1) is 11.6. The minimum absolute atomic E-state index is 0.0156. The monoisotopic (exact) mass is 337 g/mol. The van der Waals surface area contributed by atoms with E-state index in [4.69, 9.17) is 4.98 Å². The number of imidazole rings is 1. The van der Waals surface area contributed by atoms with Crippen LogP contribution in [0.3, 0.4) is 0 Å². The van der Waals surface area contributed by atoms with Crippen LogP contribution < -0.4 is 0 Å². The lowest BCUT2D eigenvalue weighted by atomic mass is 10.1. The Morgan fingerprint density at radius 3 is 2.71 bits per heavy atom. The van der Waals surface area contributed by atoms with Gasteiger partial charge in [0.05, 0.1) is 22.2 Å². The van der Waals surface area contributed by atoms with Gasteiger partial charge in [0.1, 0.15) is 5.78 Å². The van der Waals surface area contributed by atoms with Crippen LogP contribution >= 0.6 is 11.8 Å². The van der Waals surface area contributed by atoms with E-state index < -0.39 is 0 Å². The van der Waals surface area contributed by atoms with Crippen LogP contribution in [0.1, 0.15) is 30.5 Å². The van der Waals surface area contributed by atoms with Crippen LogP contribution in [0, 0.1) is 13.8 Å². The maximum atomic E-state index is 12.0. The molecule has 5 heteroatoms. The van der Waals surface area contributed by atoms with E-state index in [0.717, 1.165) is 46.0 Å². The summed E-state index contributed by atoms with van der Waals surface area (Å²) < 4.78 is 1.92. The molecule has 1 atom stereocenters. The van der Waals surface area contributed by atoms with Crippen molar-refractivity contribution in [2.24, 2.45) is 0 Å². The average molecular weight is 337 g/mol. The van der Waals surface area contributed by atoms with Gasteiger partial charge in [0, 0.05) is 12.0 Å². The second-order valence-corrected chi connectivity index (χ2v) is 7.47. The zero-order valence-corrected chi connectivity index (χ0v) is 14.6. The normalized spacial score (nSPS) is 17.8. The number of rotatable bonds is 3. The van der Waals surface area contributed by atoms with Crippen LogP contribution in [-0.2, 0) is 4.79 Å². The molecule has 1 aliphatic carbocycles. The number of carbonyl (C=O) groups is 1. The first-order valence-corrected chi connectivity index (χ1v) is 9.13. The molecule has 0 bridgehead atoms. The predicted molar refractivity (Wildman–Crippen MR) is 96.4 cm³/mol. The molecule has 1 unspecified atom stereocenters. The molecule has 0 radical (unpaired) electrons. The van der Waals surface area contributed by atoms with Gasteiger partial charge < -0.3 is 0 Å². The van der Waals surface area contributed by atoms with Gasteiger partial charge in [-0.3, -0.25) is 4.79 Å². The molecule has 2 heterocycles. The van der Waals surface area contributed by atoms with Gasteiger partial charge in [0.2, 0.25) is 0 Å². The van der Waals surface area contributed by atoms with E-state index in [1.54, 1.807) is 11.8 Å². The average Bonchev–Trinajstić information content (AvgIpc) is 3.13. The molecule has 4 rings (SSSR count). The summed E-state index contributed by atoms with van der Waals surface area (Å²) in [6.45, 7) is 4.08. The molecule has 0 amide bonds. The largest absolute Gasteiger partial charge is 0.298 e. The quantitative estimate of drug-likeness (QED) is 0.718. The molecule has 0 saturated heterocycles. The van der Waals surface area contributed by atoms with Gasteiger partial charge in [-0.25, -0.2) is 9.50 Å². The summed E-state index contributed by atoms with van der Waals surface area (Å²) in [5, 5.41) is 5.50. The molecular weight excluding hydrogens is 318 g/mol. The molecule has 1 fully saturated rings. The Morgan fingerprint density at radius 1 is 1.21 bits per heavy atom. The summed E-state index contributed by atoms with van der Waals surface area (Å²) in [6.07, 6.45) is 2.61. The fourth-order valence-corrected chi connectivity index (χ4v) is 4.48. The lowest BCUT2D eigenvalue weighted by Crippen LogP contribution is -2.09. The van der Waals surface area contributed by atoms with Gasteiger partial charge >= 0.3 is 0 Å². The lowest BCUT2D eigenvalue weighted by Gasteiger charge is -2.07. The van der Waals surface area contributed by atoms with Crippen molar-refractivity contribution in [2.75, 3.05) is 0 Å². The van der Waals surface area contributed by atoms with E-state index >= 15 is 0 Å². The number of nitrogens with zero attached hydrogens (tertiary/aromatic N) is 3. The van der Waals surface area contributed by atoms with Gasteiger partial charge in [-0.15, -0.1) is 0 Å². The number of Topliss-reactive ketones (excluding diaryl/α,β-unsaturated/α-hetero) is 1. The van der Waals surface area contributed by atoms with E-state index in [9.17, 15) is 4.79 Å². The molecule has 24 heavy (non-hydrogen) atoms. The number of ketones is 1. The molecule has 0 N–H and O–H groups in total. The molecule has 1 aliphatic rings.